The first-order valence-corrected chi connectivity index (χ1v) is 4.45. The average Bonchev–Trinajstić information content (AvgIpc) is 2.59. The van der Waals surface area contributed by atoms with E-state index in [9.17, 15) is 0 Å². The third-order valence-electron chi connectivity index (χ3n) is 2.41. The van der Waals surface area contributed by atoms with Gasteiger partial charge in [-0.15, -0.1) is 0 Å². The third kappa shape index (κ3) is 0.865. The minimum absolute atomic E-state index is 0.796. The zero-order valence-electron chi connectivity index (χ0n) is 7.69. The van der Waals surface area contributed by atoms with Crippen LogP contribution < -0.4 is 0 Å². The lowest BCUT2D eigenvalue weighted by atomic mass is 10.1. The number of para-hydroxylation sites is 1. The van der Waals surface area contributed by atoms with Gasteiger partial charge in [0.25, 0.3) is 0 Å². The second-order valence-corrected chi connectivity index (χ2v) is 3.32. The van der Waals surface area contributed by atoms with Gasteiger partial charge in [0, 0.05) is 5.39 Å². The molecule has 0 N–H and O–H groups in total. The summed E-state index contributed by atoms with van der Waals surface area (Å²) in [6.07, 6.45) is 3.38. The van der Waals surface area contributed by atoms with Crippen molar-refractivity contribution in [2.45, 2.75) is 6.92 Å². The minimum atomic E-state index is 0.796. The molecule has 2 aromatic heterocycles. The summed E-state index contributed by atoms with van der Waals surface area (Å²) in [6, 6.07) is 6.09. The molecule has 1 aromatic carbocycles. The van der Waals surface area contributed by atoms with Crippen LogP contribution in [0.5, 0.6) is 0 Å². The Labute approximate surface area is 80.4 Å². The van der Waals surface area contributed by atoms with Crippen LogP contribution in [0, 0.1) is 6.92 Å². The van der Waals surface area contributed by atoms with Gasteiger partial charge >= 0.3 is 0 Å². The number of rotatable bonds is 0. The Morgan fingerprint density at radius 3 is 2.86 bits per heavy atom. The fraction of sp³-hybridized carbons (Fsp3) is 0.0909. The molecule has 0 saturated carbocycles. The minimum Gasteiger partial charge on any atom is -0.454 e. The number of furan rings is 1. The highest BCUT2D eigenvalue weighted by Crippen LogP contribution is 2.28. The summed E-state index contributed by atoms with van der Waals surface area (Å²) in [5.41, 5.74) is 2.86. The second kappa shape index (κ2) is 2.54. The lowest BCUT2D eigenvalue weighted by Gasteiger charge is -1.91. The lowest BCUT2D eigenvalue weighted by molar-refractivity contribution is 0.662. The van der Waals surface area contributed by atoms with Crippen LogP contribution in [0.25, 0.3) is 21.9 Å². The Morgan fingerprint density at radius 2 is 1.93 bits per heavy atom. The highest BCUT2D eigenvalue weighted by atomic mass is 16.3. The van der Waals surface area contributed by atoms with Gasteiger partial charge in [0.1, 0.15) is 5.58 Å². The molecule has 3 rings (SSSR count). The van der Waals surface area contributed by atoms with Crippen LogP contribution >= 0.6 is 0 Å². The third-order valence-corrected chi connectivity index (χ3v) is 2.41. The molecule has 0 bridgehead atoms. The van der Waals surface area contributed by atoms with Crippen molar-refractivity contribution in [3.63, 3.8) is 0 Å². The molecule has 0 radical (unpaired) electrons. The van der Waals surface area contributed by atoms with Crippen LogP contribution in [0.4, 0.5) is 0 Å². The van der Waals surface area contributed by atoms with E-state index in [1.165, 1.54) is 0 Å². The number of aromatic nitrogens is 2. The Balaban J connectivity index is 2.63. The van der Waals surface area contributed by atoms with Crippen molar-refractivity contribution in [3.05, 3.63) is 36.2 Å². The molecule has 14 heavy (non-hydrogen) atoms. The monoisotopic (exact) mass is 184 g/mol. The molecule has 0 aliphatic heterocycles. The first kappa shape index (κ1) is 7.50. The van der Waals surface area contributed by atoms with E-state index in [1.807, 2.05) is 25.1 Å². The zero-order valence-corrected chi connectivity index (χ0v) is 7.69. The van der Waals surface area contributed by atoms with E-state index in [1.54, 1.807) is 12.4 Å². The van der Waals surface area contributed by atoms with Crippen LogP contribution in [0.2, 0.25) is 0 Å². The van der Waals surface area contributed by atoms with Crippen LogP contribution in [0.15, 0.2) is 35.0 Å². The number of benzene rings is 1. The smallest absolute Gasteiger partial charge is 0.157 e. The highest BCUT2D eigenvalue weighted by molar-refractivity contribution is 6.04. The SMILES string of the molecule is Cc1cccc2c1oc1cnncc12. The van der Waals surface area contributed by atoms with E-state index in [-0.39, 0.29) is 0 Å². The van der Waals surface area contributed by atoms with Crippen molar-refractivity contribution in [2.75, 3.05) is 0 Å². The molecule has 2 heterocycles. The molecule has 3 heteroatoms. The number of hydrogen-bond donors (Lipinski definition) is 0. The number of aryl methyl sites for hydroxylation is 1. The molecule has 3 nitrogen and oxygen atoms in total. The molecule has 0 spiro atoms. The van der Waals surface area contributed by atoms with E-state index in [0.717, 1.165) is 27.5 Å². The number of fused-ring (bicyclic) bond motifs is 3. The summed E-state index contributed by atoms with van der Waals surface area (Å²) < 4.78 is 5.68. The standard InChI is InChI=1S/C11H8N2O/c1-7-3-2-4-8-9-5-12-13-6-10(9)14-11(7)8/h2-6H,1H3. The first-order chi connectivity index (χ1) is 6.86. The second-order valence-electron chi connectivity index (χ2n) is 3.32. The van der Waals surface area contributed by atoms with Gasteiger partial charge in [0.05, 0.1) is 17.8 Å². The molecule has 0 saturated heterocycles. The molecule has 0 aliphatic rings. The maximum Gasteiger partial charge on any atom is 0.157 e. The van der Waals surface area contributed by atoms with Crippen molar-refractivity contribution in [1.29, 1.82) is 0 Å². The summed E-state index contributed by atoms with van der Waals surface area (Å²) in [6.45, 7) is 2.03. The fourth-order valence-electron chi connectivity index (χ4n) is 1.70. The number of nitrogens with zero attached hydrogens (tertiary/aromatic N) is 2. The average molecular weight is 184 g/mol. The van der Waals surface area contributed by atoms with E-state index in [4.69, 9.17) is 4.42 Å². The van der Waals surface area contributed by atoms with Gasteiger partial charge in [0.2, 0.25) is 0 Å². The molecular formula is C11H8N2O. The molecular weight excluding hydrogens is 176 g/mol. The van der Waals surface area contributed by atoms with Crippen molar-refractivity contribution in [3.8, 4) is 0 Å². The van der Waals surface area contributed by atoms with Crippen LogP contribution in [0.1, 0.15) is 5.56 Å². The lowest BCUT2D eigenvalue weighted by Crippen LogP contribution is -1.75. The Kier molecular flexibility index (Phi) is 1.36. The molecule has 0 aliphatic carbocycles. The fourth-order valence-corrected chi connectivity index (χ4v) is 1.70. The van der Waals surface area contributed by atoms with Gasteiger partial charge in [-0.2, -0.15) is 10.2 Å². The summed E-state index contributed by atoms with van der Waals surface area (Å²) >= 11 is 0. The molecule has 0 amide bonds. The maximum atomic E-state index is 5.68. The first-order valence-electron chi connectivity index (χ1n) is 4.45. The van der Waals surface area contributed by atoms with Crippen molar-refractivity contribution >= 4 is 21.9 Å². The van der Waals surface area contributed by atoms with Crippen LogP contribution in [-0.4, -0.2) is 10.2 Å². The van der Waals surface area contributed by atoms with Crippen LogP contribution in [-0.2, 0) is 0 Å². The quantitative estimate of drug-likeness (QED) is 0.539. The Bertz CT molecular complexity index is 613. The summed E-state index contributed by atoms with van der Waals surface area (Å²) in [5.74, 6) is 0. The summed E-state index contributed by atoms with van der Waals surface area (Å²) in [4.78, 5) is 0. The predicted molar refractivity (Wildman–Crippen MR) is 54.0 cm³/mol. The molecule has 68 valence electrons. The Morgan fingerprint density at radius 1 is 1.07 bits per heavy atom. The van der Waals surface area contributed by atoms with E-state index >= 15 is 0 Å². The van der Waals surface area contributed by atoms with Gasteiger partial charge < -0.3 is 4.42 Å². The summed E-state index contributed by atoms with van der Waals surface area (Å²) in [5, 5.41) is 9.78. The topological polar surface area (TPSA) is 38.9 Å². The Hall–Kier alpha value is -1.90. The van der Waals surface area contributed by atoms with E-state index in [2.05, 4.69) is 10.2 Å². The van der Waals surface area contributed by atoms with Gasteiger partial charge in [0.15, 0.2) is 5.58 Å². The number of hydrogen-bond acceptors (Lipinski definition) is 3. The van der Waals surface area contributed by atoms with Crippen molar-refractivity contribution < 1.29 is 4.42 Å². The molecule has 3 aromatic rings. The van der Waals surface area contributed by atoms with Gasteiger partial charge in [-0.05, 0) is 12.5 Å². The van der Waals surface area contributed by atoms with Gasteiger partial charge in [-0.3, -0.25) is 0 Å². The summed E-state index contributed by atoms with van der Waals surface area (Å²) in [7, 11) is 0. The van der Waals surface area contributed by atoms with Gasteiger partial charge in [-0.1, -0.05) is 18.2 Å². The normalized spacial score (nSPS) is 11.2. The highest BCUT2D eigenvalue weighted by Gasteiger charge is 2.07. The van der Waals surface area contributed by atoms with E-state index in [0.29, 0.717) is 0 Å². The van der Waals surface area contributed by atoms with Crippen molar-refractivity contribution in [2.24, 2.45) is 0 Å². The predicted octanol–water partition coefficient (Wildman–Crippen LogP) is 2.68. The van der Waals surface area contributed by atoms with Gasteiger partial charge in [-0.25, -0.2) is 0 Å². The van der Waals surface area contributed by atoms with Crippen molar-refractivity contribution in [1.82, 2.24) is 10.2 Å². The molecule has 0 fully saturated rings. The van der Waals surface area contributed by atoms with Crippen LogP contribution in [0.3, 0.4) is 0 Å². The maximum absolute atomic E-state index is 5.68. The van der Waals surface area contributed by atoms with E-state index < -0.39 is 0 Å². The molecule has 0 unspecified atom stereocenters. The largest absolute Gasteiger partial charge is 0.454 e. The molecule has 0 atom stereocenters. The zero-order chi connectivity index (χ0) is 9.54.